The highest BCUT2D eigenvalue weighted by Crippen LogP contribution is 2.19. The van der Waals surface area contributed by atoms with Gasteiger partial charge in [-0.2, -0.15) is 0 Å². The summed E-state index contributed by atoms with van der Waals surface area (Å²) in [6.07, 6.45) is 5.93. The van der Waals surface area contributed by atoms with E-state index in [9.17, 15) is 13.2 Å². The maximum atomic E-state index is 12.2. The molecule has 140 valence electrons. The molecule has 7 heteroatoms. The van der Waals surface area contributed by atoms with Gasteiger partial charge in [-0.1, -0.05) is 19.4 Å². The van der Waals surface area contributed by atoms with Gasteiger partial charge >= 0.3 is 0 Å². The molecule has 1 aromatic carbocycles. The Morgan fingerprint density at radius 2 is 2.12 bits per heavy atom. The maximum absolute atomic E-state index is 12.2. The first-order valence-corrected chi connectivity index (χ1v) is 10.5. The predicted octanol–water partition coefficient (Wildman–Crippen LogP) is 1.98. The lowest BCUT2D eigenvalue weighted by Crippen LogP contribution is -2.40. The molecule has 1 fully saturated rings. The van der Waals surface area contributed by atoms with E-state index in [4.69, 9.17) is 0 Å². The average molecular weight is 368 g/mol. The van der Waals surface area contributed by atoms with E-state index in [1.165, 1.54) is 44.9 Å². The van der Waals surface area contributed by atoms with E-state index >= 15 is 0 Å². The Hall–Kier alpha value is -1.44. The molecule has 0 aromatic heterocycles. The fourth-order valence-corrected chi connectivity index (χ4v) is 4.10. The Morgan fingerprint density at radius 1 is 1.32 bits per heavy atom. The SMILES string of the molecule is CC[C@@H]1CCCCN1CCCNC(=O)c1cccc(S(=O)(=O)NC)c1. The molecule has 1 aliphatic rings. The van der Waals surface area contributed by atoms with Crippen LogP contribution in [0.2, 0.25) is 0 Å². The molecule has 0 unspecified atom stereocenters. The van der Waals surface area contributed by atoms with Gasteiger partial charge < -0.3 is 10.2 Å². The zero-order valence-electron chi connectivity index (χ0n) is 15.1. The summed E-state index contributed by atoms with van der Waals surface area (Å²) >= 11 is 0. The quantitative estimate of drug-likeness (QED) is 0.689. The van der Waals surface area contributed by atoms with Gasteiger partial charge in [0.05, 0.1) is 4.90 Å². The largest absolute Gasteiger partial charge is 0.352 e. The molecular formula is C18H29N3O3S. The monoisotopic (exact) mass is 367 g/mol. The Kier molecular flexibility index (Phi) is 7.40. The number of carbonyl (C=O) groups excluding carboxylic acids is 1. The average Bonchev–Trinajstić information content (AvgIpc) is 2.65. The van der Waals surface area contributed by atoms with Gasteiger partial charge in [0.25, 0.3) is 5.91 Å². The minimum atomic E-state index is -3.54. The van der Waals surface area contributed by atoms with Crippen molar-refractivity contribution >= 4 is 15.9 Å². The van der Waals surface area contributed by atoms with Crippen molar-refractivity contribution in [1.82, 2.24) is 14.9 Å². The summed E-state index contributed by atoms with van der Waals surface area (Å²) in [6.45, 7) is 4.97. The third-order valence-electron chi connectivity index (χ3n) is 4.80. The summed E-state index contributed by atoms with van der Waals surface area (Å²) in [7, 11) is -2.19. The summed E-state index contributed by atoms with van der Waals surface area (Å²) in [6, 6.07) is 6.76. The van der Waals surface area contributed by atoms with Crippen molar-refractivity contribution in [3.63, 3.8) is 0 Å². The fourth-order valence-electron chi connectivity index (χ4n) is 3.33. The molecule has 25 heavy (non-hydrogen) atoms. The summed E-state index contributed by atoms with van der Waals surface area (Å²) in [5.41, 5.74) is 0.362. The molecular weight excluding hydrogens is 338 g/mol. The van der Waals surface area contributed by atoms with Crippen LogP contribution in [0, 0.1) is 0 Å². The number of carbonyl (C=O) groups is 1. The molecule has 0 aliphatic carbocycles. The molecule has 0 bridgehead atoms. The molecule has 1 aromatic rings. The van der Waals surface area contributed by atoms with Gasteiger partial charge in [-0.15, -0.1) is 0 Å². The second kappa shape index (κ2) is 9.31. The highest BCUT2D eigenvalue weighted by atomic mass is 32.2. The zero-order valence-corrected chi connectivity index (χ0v) is 15.9. The molecule has 6 nitrogen and oxygen atoms in total. The van der Waals surface area contributed by atoms with Crippen LogP contribution in [0.4, 0.5) is 0 Å². The molecule has 1 amide bonds. The topological polar surface area (TPSA) is 78.5 Å². The second-order valence-corrected chi connectivity index (χ2v) is 8.33. The Balaban J connectivity index is 1.83. The first-order chi connectivity index (χ1) is 12.0. The molecule has 0 radical (unpaired) electrons. The highest BCUT2D eigenvalue weighted by molar-refractivity contribution is 7.89. The number of rotatable bonds is 8. The van der Waals surface area contributed by atoms with E-state index in [0.29, 0.717) is 18.2 Å². The van der Waals surface area contributed by atoms with Crippen LogP contribution in [-0.2, 0) is 10.0 Å². The Morgan fingerprint density at radius 3 is 2.84 bits per heavy atom. The number of hydrogen-bond donors (Lipinski definition) is 2. The van der Waals surface area contributed by atoms with Crippen LogP contribution in [0.5, 0.6) is 0 Å². The van der Waals surface area contributed by atoms with Gasteiger partial charge in [0.15, 0.2) is 0 Å². The third-order valence-corrected chi connectivity index (χ3v) is 6.22. The van der Waals surface area contributed by atoms with Crippen LogP contribution in [0.3, 0.4) is 0 Å². The molecule has 2 rings (SSSR count). The van der Waals surface area contributed by atoms with Crippen LogP contribution >= 0.6 is 0 Å². The van der Waals surface area contributed by atoms with Crippen molar-refractivity contribution in [1.29, 1.82) is 0 Å². The molecule has 0 spiro atoms. The number of piperidine rings is 1. The van der Waals surface area contributed by atoms with Crippen molar-refractivity contribution in [2.24, 2.45) is 0 Å². The van der Waals surface area contributed by atoms with Crippen LogP contribution in [-0.4, -0.2) is 51.9 Å². The van der Waals surface area contributed by atoms with Crippen molar-refractivity contribution in [2.45, 2.75) is 50.0 Å². The minimum absolute atomic E-state index is 0.0988. The second-order valence-electron chi connectivity index (χ2n) is 6.44. The summed E-state index contributed by atoms with van der Waals surface area (Å²) in [4.78, 5) is 14.9. The number of sulfonamides is 1. The maximum Gasteiger partial charge on any atom is 0.251 e. The standard InChI is InChI=1S/C18H29N3O3S/c1-3-16-9-4-5-12-21(16)13-7-11-20-18(22)15-8-6-10-17(14-15)25(23,24)19-2/h6,8,10,14,16,19H,3-5,7,9,11-13H2,1-2H3,(H,20,22)/t16-/m1/s1. The smallest absolute Gasteiger partial charge is 0.251 e. The van der Waals surface area contributed by atoms with E-state index in [2.05, 4.69) is 21.9 Å². The molecule has 2 N–H and O–H groups in total. The van der Waals surface area contributed by atoms with E-state index in [1.807, 2.05) is 0 Å². The molecule has 1 atom stereocenters. The number of hydrogen-bond acceptors (Lipinski definition) is 4. The van der Waals surface area contributed by atoms with Crippen molar-refractivity contribution < 1.29 is 13.2 Å². The van der Waals surface area contributed by atoms with Crippen LogP contribution in [0.1, 0.15) is 49.4 Å². The summed E-state index contributed by atoms with van der Waals surface area (Å²) in [5.74, 6) is -0.237. The van der Waals surface area contributed by atoms with Crippen LogP contribution in [0.15, 0.2) is 29.2 Å². The number of nitrogens with one attached hydrogen (secondary N) is 2. The lowest BCUT2D eigenvalue weighted by molar-refractivity contribution is 0.0947. The summed E-state index contributed by atoms with van der Waals surface area (Å²) in [5, 5.41) is 2.89. The Bertz CT molecular complexity index is 676. The fraction of sp³-hybridized carbons (Fsp3) is 0.611. The molecule has 1 aliphatic heterocycles. The predicted molar refractivity (Wildman–Crippen MR) is 99.1 cm³/mol. The number of likely N-dealkylation sites (tertiary alicyclic amines) is 1. The number of benzene rings is 1. The summed E-state index contributed by atoms with van der Waals surface area (Å²) < 4.78 is 25.9. The van der Waals surface area contributed by atoms with Gasteiger partial charge in [0, 0.05) is 24.7 Å². The van der Waals surface area contributed by atoms with E-state index in [0.717, 1.165) is 19.5 Å². The first kappa shape index (κ1) is 19.9. The van der Waals surface area contributed by atoms with Crippen LogP contribution in [0.25, 0.3) is 0 Å². The molecule has 1 heterocycles. The van der Waals surface area contributed by atoms with Gasteiger partial charge in [-0.05, 0) is 57.5 Å². The van der Waals surface area contributed by atoms with Crippen molar-refractivity contribution in [2.75, 3.05) is 26.7 Å². The third kappa shape index (κ3) is 5.52. The van der Waals surface area contributed by atoms with E-state index in [1.54, 1.807) is 12.1 Å². The first-order valence-electron chi connectivity index (χ1n) is 9.03. The lowest BCUT2D eigenvalue weighted by Gasteiger charge is -2.35. The van der Waals surface area contributed by atoms with Gasteiger partial charge in [-0.3, -0.25) is 4.79 Å². The van der Waals surface area contributed by atoms with Crippen molar-refractivity contribution in [3.05, 3.63) is 29.8 Å². The molecule has 1 saturated heterocycles. The lowest BCUT2D eigenvalue weighted by atomic mass is 10.00. The van der Waals surface area contributed by atoms with Crippen molar-refractivity contribution in [3.8, 4) is 0 Å². The van der Waals surface area contributed by atoms with Gasteiger partial charge in [0.2, 0.25) is 10.0 Å². The zero-order chi connectivity index (χ0) is 18.3. The van der Waals surface area contributed by atoms with Gasteiger partial charge in [0.1, 0.15) is 0 Å². The number of nitrogens with zero attached hydrogens (tertiary/aromatic N) is 1. The van der Waals surface area contributed by atoms with Crippen LogP contribution < -0.4 is 10.0 Å². The Labute approximate surface area is 151 Å². The number of amides is 1. The minimum Gasteiger partial charge on any atom is -0.352 e. The molecule has 0 saturated carbocycles. The van der Waals surface area contributed by atoms with E-state index < -0.39 is 10.0 Å². The highest BCUT2D eigenvalue weighted by Gasteiger charge is 2.20. The normalized spacial score (nSPS) is 18.9. The van der Waals surface area contributed by atoms with E-state index in [-0.39, 0.29) is 10.8 Å². The van der Waals surface area contributed by atoms with Gasteiger partial charge in [-0.25, -0.2) is 13.1 Å².